The molecule has 0 radical (unpaired) electrons. The lowest BCUT2D eigenvalue weighted by molar-refractivity contribution is -0.133. The van der Waals surface area contributed by atoms with Crippen molar-refractivity contribution >= 4 is 5.91 Å². The van der Waals surface area contributed by atoms with Crippen LogP contribution in [-0.4, -0.2) is 42.2 Å². The lowest BCUT2D eigenvalue weighted by Crippen LogP contribution is -2.36. The van der Waals surface area contributed by atoms with Crippen LogP contribution in [-0.2, 0) is 4.79 Å². The third-order valence-corrected chi connectivity index (χ3v) is 2.29. The fraction of sp³-hybridized carbons (Fsp3) is 0.417. The average Bonchev–Trinajstić information content (AvgIpc) is 2.34. The Hall–Kier alpha value is -1.62. The number of rotatable bonds is 6. The molecule has 0 unspecified atom stereocenters. The quantitative estimate of drug-likeness (QED) is 0.809. The summed E-state index contributed by atoms with van der Waals surface area (Å²) in [5.74, 6) is -0.712. The smallest absolute Gasteiger partial charge is 0.260 e. The second-order valence-electron chi connectivity index (χ2n) is 3.42. The molecule has 17 heavy (non-hydrogen) atoms. The number of benzene rings is 1. The number of carbonyl (C=O) groups excluding carboxylic acids is 1. The van der Waals surface area contributed by atoms with Gasteiger partial charge in [-0.1, -0.05) is 12.1 Å². The fourth-order valence-corrected chi connectivity index (χ4v) is 1.37. The molecular weight excluding hydrogens is 225 g/mol. The van der Waals surface area contributed by atoms with Crippen molar-refractivity contribution in [1.82, 2.24) is 4.90 Å². The lowest BCUT2D eigenvalue weighted by Gasteiger charge is -2.19. The molecule has 0 bridgehead atoms. The average molecular weight is 241 g/mol. The van der Waals surface area contributed by atoms with E-state index < -0.39 is 5.82 Å². The maximum absolute atomic E-state index is 13.2. The van der Waals surface area contributed by atoms with E-state index in [0.29, 0.717) is 6.54 Å². The minimum atomic E-state index is -0.495. The Bertz CT molecular complexity index is 371. The molecule has 1 aromatic rings. The minimum absolute atomic E-state index is 0.0564. The molecule has 0 aliphatic heterocycles. The van der Waals surface area contributed by atoms with Crippen molar-refractivity contribution in [2.24, 2.45) is 0 Å². The number of hydrogen-bond donors (Lipinski definition) is 1. The van der Waals surface area contributed by atoms with E-state index in [4.69, 9.17) is 9.84 Å². The van der Waals surface area contributed by atoms with Crippen LogP contribution in [0.4, 0.5) is 4.39 Å². The van der Waals surface area contributed by atoms with Gasteiger partial charge in [0.2, 0.25) is 0 Å². The lowest BCUT2D eigenvalue weighted by atomic mass is 10.3. The molecule has 0 heterocycles. The van der Waals surface area contributed by atoms with E-state index in [1.807, 2.05) is 0 Å². The summed E-state index contributed by atoms with van der Waals surface area (Å²) in [5.41, 5.74) is 0. The van der Waals surface area contributed by atoms with E-state index in [0.717, 1.165) is 0 Å². The van der Waals surface area contributed by atoms with Gasteiger partial charge in [-0.05, 0) is 19.1 Å². The molecule has 0 saturated heterocycles. The zero-order chi connectivity index (χ0) is 12.7. The van der Waals surface area contributed by atoms with Crippen molar-refractivity contribution < 1.29 is 19.0 Å². The maximum Gasteiger partial charge on any atom is 0.260 e. The predicted octanol–water partition coefficient (Wildman–Crippen LogP) is 1.05. The standard InChI is InChI=1S/C12H16FNO3/c1-2-14(7-8-15)12(16)9-17-11-6-4-3-5-10(11)13/h3-6,15H,2,7-9H2,1H3. The van der Waals surface area contributed by atoms with Crippen LogP contribution in [0.15, 0.2) is 24.3 Å². The highest BCUT2D eigenvalue weighted by Crippen LogP contribution is 2.15. The molecule has 1 amide bonds. The normalized spacial score (nSPS) is 10.1. The van der Waals surface area contributed by atoms with E-state index in [9.17, 15) is 9.18 Å². The predicted molar refractivity (Wildman–Crippen MR) is 61.2 cm³/mol. The van der Waals surface area contributed by atoms with Crippen LogP contribution in [0.3, 0.4) is 0 Å². The highest BCUT2D eigenvalue weighted by atomic mass is 19.1. The van der Waals surface area contributed by atoms with Crippen molar-refractivity contribution in [2.75, 3.05) is 26.3 Å². The van der Waals surface area contributed by atoms with Crippen LogP contribution in [0.5, 0.6) is 5.75 Å². The van der Waals surface area contributed by atoms with E-state index in [2.05, 4.69) is 0 Å². The number of likely N-dealkylation sites (N-methyl/N-ethyl adjacent to an activating group) is 1. The number of aliphatic hydroxyl groups excluding tert-OH is 1. The molecular formula is C12H16FNO3. The summed E-state index contributed by atoms with van der Waals surface area (Å²) in [4.78, 5) is 13.1. The van der Waals surface area contributed by atoms with Crippen LogP contribution < -0.4 is 4.74 Å². The van der Waals surface area contributed by atoms with E-state index >= 15 is 0 Å². The topological polar surface area (TPSA) is 49.8 Å². The summed E-state index contributed by atoms with van der Waals surface area (Å²) < 4.78 is 18.3. The van der Waals surface area contributed by atoms with E-state index in [1.165, 1.54) is 17.0 Å². The number of nitrogens with zero attached hydrogens (tertiary/aromatic N) is 1. The van der Waals surface area contributed by atoms with E-state index in [-0.39, 0.29) is 31.4 Å². The molecule has 0 spiro atoms. The SMILES string of the molecule is CCN(CCO)C(=O)COc1ccccc1F. The van der Waals surface area contributed by atoms with Crippen LogP contribution in [0, 0.1) is 5.82 Å². The molecule has 1 rings (SSSR count). The van der Waals surface area contributed by atoms with Crippen molar-refractivity contribution in [3.05, 3.63) is 30.1 Å². The summed E-state index contributed by atoms with van der Waals surface area (Å²) >= 11 is 0. The number of halogens is 1. The zero-order valence-electron chi connectivity index (χ0n) is 9.73. The van der Waals surface area contributed by atoms with Gasteiger partial charge < -0.3 is 14.7 Å². The Morgan fingerprint density at radius 3 is 2.76 bits per heavy atom. The molecule has 0 aliphatic carbocycles. The van der Waals surface area contributed by atoms with Gasteiger partial charge in [0.1, 0.15) is 0 Å². The second-order valence-corrected chi connectivity index (χ2v) is 3.42. The first-order valence-electron chi connectivity index (χ1n) is 5.45. The number of amides is 1. The molecule has 0 atom stereocenters. The Morgan fingerprint density at radius 2 is 2.18 bits per heavy atom. The molecule has 0 fully saturated rings. The summed E-state index contributed by atoms with van der Waals surface area (Å²) in [6.07, 6.45) is 0. The summed E-state index contributed by atoms with van der Waals surface area (Å²) in [5, 5.41) is 8.75. The van der Waals surface area contributed by atoms with Crippen molar-refractivity contribution in [3.8, 4) is 5.75 Å². The third kappa shape index (κ3) is 4.03. The number of hydrogen-bond acceptors (Lipinski definition) is 3. The Labute approximate surface area is 99.6 Å². The largest absolute Gasteiger partial charge is 0.481 e. The summed E-state index contributed by atoms with van der Waals surface area (Å²) in [6, 6.07) is 5.92. The first kappa shape index (κ1) is 13.4. The fourth-order valence-electron chi connectivity index (χ4n) is 1.37. The number of aliphatic hydroxyl groups is 1. The van der Waals surface area contributed by atoms with Gasteiger partial charge in [0.05, 0.1) is 6.61 Å². The monoisotopic (exact) mass is 241 g/mol. The Morgan fingerprint density at radius 1 is 1.47 bits per heavy atom. The molecule has 4 nitrogen and oxygen atoms in total. The molecule has 1 N–H and O–H groups in total. The van der Waals surface area contributed by atoms with Crippen molar-refractivity contribution in [2.45, 2.75) is 6.92 Å². The molecule has 5 heteroatoms. The van der Waals surface area contributed by atoms with Crippen LogP contribution in [0.1, 0.15) is 6.92 Å². The zero-order valence-corrected chi connectivity index (χ0v) is 9.73. The van der Waals surface area contributed by atoms with Gasteiger partial charge in [0.25, 0.3) is 5.91 Å². The van der Waals surface area contributed by atoms with Gasteiger partial charge in [-0.3, -0.25) is 4.79 Å². The minimum Gasteiger partial charge on any atom is -0.481 e. The van der Waals surface area contributed by atoms with Gasteiger partial charge in [-0.25, -0.2) is 4.39 Å². The van der Waals surface area contributed by atoms with Gasteiger partial charge >= 0.3 is 0 Å². The Kier molecular flexibility index (Phi) is 5.42. The highest BCUT2D eigenvalue weighted by Gasteiger charge is 2.12. The van der Waals surface area contributed by atoms with Crippen LogP contribution in [0.2, 0.25) is 0 Å². The highest BCUT2D eigenvalue weighted by molar-refractivity contribution is 5.77. The van der Waals surface area contributed by atoms with Gasteiger partial charge in [0, 0.05) is 13.1 Å². The van der Waals surface area contributed by atoms with Crippen LogP contribution >= 0.6 is 0 Å². The Balaban J connectivity index is 2.50. The van der Waals surface area contributed by atoms with Gasteiger partial charge in [-0.15, -0.1) is 0 Å². The van der Waals surface area contributed by atoms with Crippen molar-refractivity contribution in [1.29, 1.82) is 0 Å². The molecule has 0 aliphatic rings. The second kappa shape index (κ2) is 6.85. The number of ether oxygens (including phenoxy) is 1. The summed E-state index contributed by atoms with van der Waals surface area (Å²) in [6.45, 7) is 2.22. The third-order valence-electron chi connectivity index (χ3n) is 2.29. The summed E-state index contributed by atoms with van der Waals surface area (Å²) in [7, 11) is 0. The molecule has 94 valence electrons. The first-order valence-corrected chi connectivity index (χ1v) is 5.45. The van der Waals surface area contributed by atoms with Gasteiger partial charge in [-0.2, -0.15) is 0 Å². The number of para-hydroxylation sites is 1. The number of carbonyl (C=O) groups is 1. The van der Waals surface area contributed by atoms with Crippen LogP contribution in [0.25, 0.3) is 0 Å². The van der Waals surface area contributed by atoms with E-state index in [1.54, 1.807) is 19.1 Å². The van der Waals surface area contributed by atoms with Crippen molar-refractivity contribution in [3.63, 3.8) is 0 Å². The molecule has 1 aromatic carbocycles. The van der Waals surface area contributed by atoms with Gasteiger partial charge in [0.15, 0.2) is 18.2 Å². The first-order chi connectivity index (χ1) is 8.19. The molecule has 0 aromatic heterocycles. The molecule has 0 saturated carbocycles. The maximum atomic E-state index is 13.2.